The second-order valence-corrected chi connectivity index (χ2v) is 7.54. The van der Waals surface area contributed by atoms with Gasteiger partial charge in [-0.1, -0.05) is 18.2 Å². The standard InChI is InChI=1S/C23H24N2O3/c1-2-27-18-11-9-16(10-12-18)20-14-21-19-7-3-4-8-22(19)28-23(25(21)24-20)13-5-6-17(26)15-23/h3-4,7-12,15,21,26H,2,5-6,13-14H2,1H3. The quantitative estimate of drug-likeness (QED) is 0.823. The van der Waals surface area contributed by atoms with Crippen LogP contribution in [0.25, 0.3) is 0 Å². The molecule has 144 valence electrons. The number of aliphatic hydroxyl groups is 1. The number of hydrogen-bond donors (Lipinski definition) is 1. The first-order valence-electron chi connectivity index (χ1n) is 9.97. The minimum absolute atomic E-state index is 0.105. The number of rotatable bonds is 3. The fraction of sp³-hybridized carbons (Fsp3) is 0.348. The predicted molar refractivity (Wildman–Crippen MR) is 108 cm³/mol. The second-order valence-electron chi connectivity index (χ2n) is 7.54. The Morgan fingerprint density at radius 1 is 1.21 bits per heavy atom. The van der Waals surface area contributed by atoms with Gasteiger partial charge in [-0.2, -0.15) is 5.10 Å². The SMILES string of the molecule is CCOc1ccc(C2=NN3C(C2)c2ccccc2OC32C=C(O)CCC2)cc1. The maximum atomic E-state index is 10.3. The van der Waals surface area contributed by atoms with E-state index in [0.29, 0.717) is 18.8 Å². The van der Waals surface area contributed by atoms with Crippen LogP contribution in [0.1, 0.15) is 49.8 Å². The third-order valence-corrected chi connectivity index (χ3v) is 5.72. The van der Waals surface area contributed by atoms with Gasteiger partial charge in [0.1, 0.15) is 11.5 Å². The highest BCUT2D eigenvalue weighted by Crippen LogP contribution is 2.50. The summed E-state index contributed by atoms with van der Waals surface area (Å²) in [5.41, 5.74) is 2.56. The number of ether oxygens (including phenoxy) is 2. The molecule has 0 bridgehead atoms. The average molecular weight is 376 g/mol. The van der Waals surface area contributed by atoms with E-state index in [9.17, 15) is 5.11 Å². The maximum Gasteiger partial charge on any atom is 0.220 e. The zero-order chi connectivity index (χ0) is 19.1. The number of nitrogens with zero attached hydrogens (tertiary/aromatic N) is 2. The molecule has 2 aliphatic heterocycles. The molecule has 2 atom stereocenters. The van der Waals surface area contributed by atoms with Gasteiger partial charge in [0, 0.05) is 30.9 Å². The number of aliphatic hydroxyl groups excluding tert-OH is 1. The van der Waals surface area contributed by atoms with Crippen molar-refractivity contribution in [2.24, 2.45) is 5.10 Å². The summed E-state index contributed by atoms with van der Waals surface area (Å²) in [5, 5.41) is 17.3. The molecular weight excluding hydrogens is 352 g/mol. The average Bonchev–Trinajstić information content (AvgIpc) is 3.16. The number of fused-ring (bicyclic) bond motifs is 4. The predicted octanol–water partition coefficient (Wildman–Crippen LogP) is 4.95. The van der Waals surface area contributed by atoms with Crippen LogP contribution in [0.4, 0.5) is 0 Å². The van der Waals surface area contributed by atoms with E-state index in [-0.39, 0.29) is 6.04 Å². The number of para-hydroxylation sites is 1. The highest BCUT2D eigenvalue weighted by molar-refractivity contribution is 6.02. The van der Waals surface area contributed by atoms with Gasteiger partial charge in [-0.3, -0.25) is 0 Å². The van der Waals surface area contributed by atoms with Gasteiger partial charge in [-0.15, -0.1) is 0 Å². The number of benzene rings is 2. The van der Waals surface area contributed by atoms with Gasteiger partial charge >= 0.3 is 0 Å². The van der Waals surface area contributed by atoms with Crippen LogP contribution in [0.2, 0.25) is 0 Å². The van der Waals surface area contributed by atoms with Crippen LogP contribution in [0.15, 0.2) is 65.5 Å². The second kappa shape index (κ2) is 6.59. The lowest BCUT2D eigenvalue weighted by Gasteiger charge is -2.47. The largest absolute Gasteiger partial charge is 0.512 e. The number of hydrogen-bond acceptors (Lipinski definition) is 5. The molecule has 0 saturated carbocycles. The van der Waals surface area contributed by atoms with Crippen LogP contribution < -0.4 is 9.47 Å². The molecule has 0 saturated heterocycles. The van der Waals surface area contributed by atoms with E-state index in [2.05, 4.69) is 23.2 Å². The number of allylic oxidation sites excluding steroid dienone is 1. The van der Waals surface area contributed by atoms with E-state index >= 15 is 0 Å². The van der Waals surface area contributed by atoms with Gasteiger partial charge in [0.05, 0.1) is 24.1 Å². The van der Waals surface area contributed by atoms with Crippen molar-refractivity contribution in [3.05, 3.63) is 71.5 Å². The molecule has 2 heterocycles. The van der Waals surface area contributed by atoms with E-state index < -0.39 is 5.72 Å². The molecule has 1 N–H and O–H groups in total. The molecule has 5 nitrogen and oxygen atoms in total. The van der Waals surface area contributed by atoms with E-state index in [1.807, 2.05) is 43.3 Å². The molecule has 28 heavy (non-hydrogen) atoms. The lowest BCUT2D eigenvalue weighted by atomic mass is 9.90. The maximum absolute atomic E-state index is 10.3. The first-order chi connectivity index (χ1) is 13.7. The third-order valence-electron chi connectivity index (χ3n) is 5.72. The van der Waals surface area contributed by atoms with Crippen LogP contribution in [0.5, 0.6) is 11.5 Å². The van der Waals surface area contributed by atoms with Gasteiger partial charge in [-0.05, 0) is 49.2 Å². The molecule has 0 amide bonds. The van der Waals surface area contributed by atoms with Gasteiger partial charge in [-0.25, -0.2) is 5.01 Å². The van der Waals surface area contributed by atoms with Crippen molar-refractivity contribution in [2.75, 3.05) is 6.61 Å². The van der Waals surface area contributed by atoms with Gasteiger partial charge in [0.25, 0.3) is 0 Å². The summed E-state index contributed by atoms with van der Waals surface area (Å²) in [6, 6.07) is 16.4. The van der Waals surface area contributed by atoms with Crippen molar-refractivity contribution >= 4 is 5.71 Å². The number of hydrazone groups is 1. The monoisotopic (exact) mass is 376 g/mol. The Kier molecular flexibility index (Phi) is 4.04. The van der Waals surface area contributed by atoms with E-state index in [1.54, 1.807) is 0 Å². The molecule has 0 aromatic heterocycles. The van der Waals surface area contributed by atoms with Crippen LogP contribution in [0, 0.1) is 0 Å². The zero-order valence-corrected chi connectivity index (χ0v) is 16.0. The highest BCUT2D eigenvalue weighted by atomic mass is 16.5. The minimum atomic E-state index is -0.714. The van der Waals surface area contributed by atoms with Crippen molar-refractivity contribution in [2.45, 2.75) is 44.4 Å². The van der Waals surface area contributed by atoms with Crippen molar-refractivity contribution in [1.82, 2.24) is 5.01 Å². The lowest BCUT2D eigenvalue weighted by Crippen LogP contribution is -2.53. The minimum Gasteiger partial charge on any atom is -0.512 e. The Morgan fingerprint density at radius 2 is 2.04 bits per heavy atom. The summed E-state index contributed by atoms with van der Waals surface area (Å²) >= 11 is 0. The van der Waals surface area contributed by atoms with Crippen LogP contribution >= 0.6 is 0 Å². The summed E-state index contributed by atoms with van der Waals surface area (Å²) in [6.45, 7) is 2.64. The summed E-state index contributed by atoms with van der Waals surface area (Å²) < 4.78 is 12.0. The summed E-state index contributed by atoms with van der Waals surface area (Å²) in [5.74, 6) is 2.14. The molecule has 3 aliphatic rings. The molecule has 5 heteroatoms. The Hall–Kier alpha value is -2.95. The Morgan fingerprint density at radius 3 is 2.82 bits per heavy atom. The topological polar surface area (TPSA) is 54.3 Å². The molecule has 1 spiro atoms. The molecular formula is C23H24N2O3. The van der Waals surface area contributed by atoms with Crippen molar-refractivity contribution < 1.29 is 14.6 Å². The summed E-state index contributed by atoms with van der Waals surface area (Å²) in [4.78, 5) is 0. The first kappa shape index (κ1) is 17.2. The van der Waals surface area contributed by atoms with E-state index in [4.69, 9.17) is 14.6 Å². The molecule has 0 fully saturated rings. The molecule has 2 unspecified atom stereocenters. The van der Waals surface area contributed by atoms with Crippen LogP contribution in [-0.4, -0.2) is 28.2 Å². The Balaban J connectivity index is 1.56. The first-order valence-corrected chi connectivity index (χ1v) is 9.97. The van der Waals surface area contributed by atoms with E-state index in [0.717, 1.165) is 47.6 Å². The zero-order valence-electron chi connectivity index (χ0n) is 16.0. The Labute approximate surface area is 164 Å². The van der Waals surface area contributed by atoms with Gasteiger partial charge in [0.2, 0.25) is 5.72 Å². The fourth-order valence-electron chi connectivity index (χ4n) is 4.46. The normalized spacial score (nSPS) is 25.5. The van der Waals surface area contributed by atoms with E-state index in [1.165, 1.54) is 0 Å². The summed E-state index contributed by atoms with van der Waals surface area (Å²) in [7, 11) is 0. The smallest absolute Gasteiger partial charge is 0.220 e. The third kappa shape index (κ3) is 2.73. The lowest BCUT2D eigenvalue weighted by molar-refractivity contribution is -0.0944. The van der Waals surface area contributed by atoms with Crippen LogP contribution in [0.3, 0.4) is 0 Å². The highest BCUT2D eigenvalue weighted by Gasteiger charge is 2.50. The van der Waals surface area contributed by atoms with Gasteiger partial charge in [0.15, 0.2) is 0 Å². The molecule has 2 aromatic carbocycles. The van der Waals surface area contributed by atoms with Crippen molar-refractivity contribution in [1.29, 1.82) is 0 Å². The van der Waals surface area contributed by atoms with Crippen molar-refractivity contribution in [3.63, 3.8) is 0 Å². The molecule has 1 aliphatic carbocycles. The molecule has 2 aromatic rings. The van der Waals surface area contributed by atoms with Crippen molar-refractivity contribution in [3.8, 4) is 11.5 Å². The fourth-order valence-corrected chi connectivity index (χ4v) is 4.46. The Bertz CT molecular complexity index is 951. The van der Waals surface area contributed by atoms with Gasteiger partial charge < -0.3 is 14.6 Å². The molecule has 0 radical (unpaired) electrons. The molecule has 5 rings (SSSR count). The summed E-state index contributed by atoms with van der Waals surface area (Å²) in [6.07, 6.45) is 5.04. The van der Waals surface area contributed by atoms with Crippen LogP contribution in [-0.2, 0) is 0 Å².